The fraction of sp³-hybridized carbons (Fsp3) is 0.333. The van der Waals surface area contributed by atoms with Crippen molar-refractivity contribution < 1.29 is 23.1 Å². The molecule has 1 aromatic carbocycles. The number of carboxylic acids is 1. The number of hydrogen-bond acceptors (Lipinski definition) is 4. The lowest BCUT2D eigenvalue weighted by atomic mass is 10.2. The summed E-state index contributed by atoms with van der Waals surface area (Å²) >= 11 is 5.88. The average Bonchev–Trinajstić information content (AvgIpc) is 2.71. The zero-order chi connectivity index (χ0) is 15.6. The van der Waals surface area contributed by atoms with E-state index in [2.05, 4.69) is 10.6 Å². The van der Waals surface area contributed by atoms with Gasteiger partial charge in [0.2, 0.25) is 0 Å². The second kappa shape index (κ2) is 5.90. The van der Waals surface area contributed by atoms with E-state index in [1.165, 1.54) is 18.2 Å². The number of nitrogens with one attached hydrogen (secondary N) is 2. The highest BCUT2D eigenvalue weighted by atomic mass is 35.5. The lowest BCUT2D eigenvalue weighted by Gasteiger charge is -2.13. The van der Waals surface area contributed by atoms with E-state index in [0.717, 1.165) is 0 Å². The first-order valence-electron chi connectivity index (χ1n) is 6.07. The number of anilines is 1. The first-order valence-corrected chi connectivity index (χ1v) is 8.27. The molecule has 2 rings (SSSR count). The smallest absolute Gasteiger partial charge is 0.335 e. The molecule has 1 aliphatic rings. The summed E-state index contributed by atoms with van der Waals surface area (Å²) in [6.07, 6.45) is 0.360. The van der Waals surface area contributed by atoms with Gasteiger partial charge in [-0.25, -0.2) is 18.0 Å². The molecular weight excluding hydrogens is 320 g/mol. The van der Waals surface area contributed by atoms with E-state index >= 15 is 0 Å². The SMILES string of the molecule is O=C(Nc1cc(C(=O)O)ccc1Cl)NC1CCS(=O)(=O)C1. The second-order valence-electron chi connectivity index (χ2n) is 4.70. The molecule has 7 nitrogen and oxygen atoms in total. The van der Waals surface area contributed by atoms with Crippen molar-refractivity contribution in [2.75, 3.05) is 16.8 Å². The molecule has 0 bridgehead atoms. The Morgan fingerprint density at radius 2 is 2.05 bits per heavy atom. The van der Waals surface area contributed by atoms with Crippen LogP contribution in [0.2, 0.25) is 5.02 Å². The molecule has 2 amide bonds. The summed E-state index contributed by atoms with van der Waals surface area (Å²) in [6.45, 7) is 0. The van der Waals surface area contributed by atoms with Crippen LogP contribution in [-0.4, -0.2) is 43.1 Å². The van der Waals surface area contributed by atoms with Crippen LogP contribution in [0.25, 0.3) is 0 Å². The molecule has 0 spiro atoms. The van der Waals surface area contributed by atoms with Gasteiger partial charge in [0.05, 0.1) is 27.8 Å². The fourth-order valence-electron chi connectivity index (χ4n) is 2.01. The number of amides is 2. The predicted octanol–water partition coefficient (Wildman–Crippen LogP) is 1.35. The van der Waals surface area contributed by atoms with E-state index in [0.29, 0.717) is 6.42 Å². The summed E-state index contributed by atoms with van der Waals surface area (Å²) in [5.41, 5.74) is 0.132. The molecule has 1 fully saturated rings. The van der Waals surface area contributed by atoms with Gasteiger partial charge in [0.1, 0.15) is 0 Å². The van der Waals surface area contributed by atoms with Crippen molar-refractivity contribution in [3.05, 3.63) is 28.8 Å². The standard InChI is InChI=1S/C12H13ClN2O5S/c13-9-2-1-7(11(16)17)5-10(9)15-12(18)14-8-3-4-21(19,20)6-8/h1-2,5,8H,3-4,6H2,(H,16,17)(H2,14,15,18). The number of urea groups is 1. The summed E-state index contributed by atoms with van der Waals surface area (Å²) in [5.74, 6) is -1.19. The third-order valence-electron chi connectivity index (χ3n) is 3.03. The molecule has 9 heteroatoms. The largest absolute Gasteiger partial charge is 0.478 e. The van der Waals surface area contributed by atoms with Crippen molar-refractivity contribution in [3.8, 4) is 0 Å². The van der Waals surface area contributed by atoms with E-state index in [-0.39, 0.29) is 27.8 Å². The van der Waals surface area contributed by atoms with Gasteiger partial charge >= 0.3 is 12.0 Å². The van der Waals surface area contributed by atoms with E-state index in [1.807, 2.05) is 0 Å². The lowest BCUT2D eigenvalue weighted by Crippen LogP contribution is -2.38. The topological polar surface area (TPSA) is 113 Å². The van der Waals surface area contributed by atoms with Gasteiger partial charge in [-0.3, -0.25) is 0 Å². The van der Waals surface area contributed by atoms with Crippen molar-refractivity contribution in [2.45, 2.75) is 12.5 Å². The molecule has 114 valence electrons. The first kappa shape index (κ1) is 15.6. The van der Waals surface area contributed by atoms with Crippen molar-refractivity contribution in [3.63, 3.8) is 0 Å². The number of carbonyl (C=O) groups excluding carboxylic acids is 1. The first-order chi connectivity index (χ1) is 9.77. The summed E-state index contributed by atoms with van der Waals surface area (Å²) < 4.78 is 22.6. The highest BCUT2D eigenvalue weighted by molar-refractivity contribution is 7.91. The molecule has 3 N–H and O–H groups in total. The molecule has 0 aliphatic carbocycles. The van der Waals surface area contributed by atoms with Crippen LogP contribution in [0.5, 0.6) is 0 Å². The molecule has 21 heavy (non-hydrogen) atoms. The average molecular weight is 333 g/mol. The maximum atomic E-state index is 11.8. The van der Waals surface area contributed by atoms with E-state index in [4.69, 9.17) is 16.7 Å². The van der Waals surface area contributed by atoms with E-state index < -0.39 is 27.9 Å². The zero-order valence-corrected chi connectivity index (χ0v) is 12.4. The highest BCUT2D eigenvalue weighted by Gasteiger charge is 2.29. The Kier molecular flexibility index (Phi) is 4.38. The summed E-state index contributed by atoms with van der Waals surface area (Å²) in [4.78, 5) is 22.7. The number of hydrogen-bond donors (Lipinski definition) is 3. The minimum absolute atomic E-state index is 0.0156. The maximum absolute atomic E-state index is 11.8. The van der Waals surface area contributed by atoms with Gasteiger partial charge in [0, 0.05) is 6.04 Å². The minimum Gasteiger partial charge on any atom is -0.478 e. The number of carboxylic acid groups (broad SMARTS) is 1. The van der Waals surface area contributed by atoms with Gasteiger partial charge in [-0.1, -0.05) is 11.6 Å². The highest BCUT2D eigenvalue weighted by Crippen LogP contribution is 2.23. The molecule has 1 atom stereocenters. The van der Waals surface area contributed by atoms with Crippen molar-refractivity contribution in [1.82, 2.24) is 5.32 Å². The lowest BCUT2D eigenvalue weighted by molar-refractivity contribution is 0.0697. The number of halogens is 1. The van der Waals surface area contributed by atoms with Crippen LogP contribution in [-0.2, 0) is 9.84 Å². The molecule has 1 heterocycles. The molecule has 0 saturated carbocycles. The van der Waals surface area contributed by atoms with Crippen LogP contribution in [0.4, 0.5) is 10.5 Å². The Hall–Kier alpha value is -1.80. The predicted molar refractivity (Wildman–Crippen MR) is 77.6 cm³/mol. The Labute approximate surface area is 126 Å². The normalized spacial score (nSPS) is 20.0. The molecular formula is C12H13ClN2O5S. The van der Waals surface area contributed by atoms with Crippen molar-refractivity contribution >= 4 is 39.1 Å². The Morgan fingerprint density at radius 3 is 2.62 bits per heavy atom. The van der Waals surface area contributed by atoms with Gasteiger partial charge in [-0.2, -0.15) is 0 Å². The van der Waals surface area contributed by atoms with Crippen molar-refractivity contribution in [1.29, 1.82) is 0 Å². The molecule has 1 aliphatic heterocycles. The number of aromatic carboxylic acids is 1. The monoisotopic (exact) mass is 332 g/mol. The quantitative estimate of drug-likeness (QED) is 0.773. The van der Waals surface area contributed by atoms with Crippen LogP contribution in [0.1, 0.15) is 16.8 Å². The molecule has 0 radical (unpaired) electrons. The summed E-state index contributed by atoms with van der Waals surface area (Å²) in [6, 6.07) is 2.84. The maximum Gasteiger partial charge on any atom is 0.335 e. The third kappa shape index (κ3) is 4.08. The molecule has 1 unspecified atom stereocenters. The van der Waals surface area contributed by atoms with Gasteiger partial charge in [0.15, 0.2) is 9.84 Å². The van der Waals surface area contributed by atoms with Gasteiger partial charge in [0.25, 0.3) is 0 Å². The van der Waals surface area contributed by atoms with E-state index in [1.54, 1.807) is 0 Å². The molecule has 0 aromatic heterocycles. The molecule has 1 aromatic rings. The Bertz CT molecular complexity index is 689. The van der Waals surface area contributed by atoms with Gasteiger partial charge in [-0.15, -0.1) is 0 Å². The number of carbonyl (C=O) groups is 2. The van der Waals surface area contributed by atoms with E-state index in [9.17, 15) is 18.0 Å². The zero-order valence-electron chi connectivity index (χ0n) is 10.8. The van der Waals surface area contributed by atoms with Gasteiger partial charge < -0.3 is 15.7 Å². The number of sulfone groups is 1. The van der Waals surface area contributed by atoms with Crippen LogP contribution >= 0.6 is 11.6 Å². The Balaban J connectivity index is 2.03. The fourth-order valence-corrected chi connectivity index (χ4v) is 3.84. The van der Waals surface area contributed by atoms with Crippen LogP contribution < -0.4 is 10.6 Å². The van der Waals surface area contributed by atoms with Crippen LogP contribution in [0, 0.1) is 0 Å². The summed E-state index contributed by atoms with van der Waals surface area (Å²) in [5, 5.41) is 14.0. The number of rotatable bonds is 3. The second-order valence-corrected chi connectivity index (χ2v) is 7.33. The van der Waals surface area contributed by atoms with Crippen LogP contribution in [0.15, 0.2) is 18.2 Å². The number of benzene rings is 1. The van der Waals surface area contributed by atoms with Crippen molar-refractivity contribution in [2.24, 2.45) is 0 Å². The van der Waals surface area contributed by atoms with Crippen LogP contribution in [0.3, 0.4) is 0 Å². The summed E-state index contributed by atoms with van der Waals surface area (Å²) in [7, 11) is -3.09. The Morgan fingerprint density at radius 1 is 1.33 bits per heavy atom. The van der Waals surface area contributed by atoms with Gasteiger partial charge in [-0.05, 0) is 24.6 Å². The third-order valence-corrected chi connectivity index (χ3v) is 5.13. The molecule has 1 saturated heterocycles. The minimum atomic E-state index is -3.09.